The Hall–Kier alpha value is -2.43. The van der Waals surface area contributed by atoms with E-state index in [9.17, 15) is 8.42 Å². The van der Waals surface area contributed by atoms with Crippen LogP contribution >= 0.6 is 11.3 Å². The molecule has 0 aliphatic carbocycles. The lowest BCUT2D eigenvalue weighted by Gasteiger charge is -2.05. The first-order valence-electron chi connectivity index (χ1n) is 6.36. The third-order valence-electron chi connectivity index (χ3n) is 3.18. The number of sulfone groups is 1. The SMILES string of the molecule is N#Cc1ccc(CS(=O)(=O)c2ccc3nc(N)sc3c2)cc1. The first kappa shape index (κ1) is 14.5. The molecule has 2 N–H and O–H groups in total. The average molecular weight is 329 g/mol. The highest BCUT2D eigenvalue weighted by molar-refractivity contribution is 7.90. The number of nitriles is 1. The summed E-state index contributed by atoms with van der Waals surface area (Å²) in [6.45, 7) is 0. The minimum Gasteiger partial charge on any atom is -0.375 e. The molecule has 0 aliphatic heterocycles. The Labute approximate surface area is 131 Å². The van der Waals surface area contributed by atoms with E-state index in [0.717, 1.165) is 4.70 Å². The molecule has 7 heteroatoms. The average Bonchev–Trinajstić information content (AvgIpc) is 2.86. The molecule has 0 aliphatic rings. The molecule has 1 heterocycles. The van der Waals surface area contributed by atoms with Gasteiger partial charge in [0.25, 0.3) is 0 Å². The highest BCUT2D eigenvalue weighted by Gasteiger charge is 2.16. The fourth-order valence-corrected chi connectivity index (χ4v) is 4.31. The van der Waals surface area contributed by atoms with Crippen LogP contribution in [0.15, 0.2) is 47.4 Å². The maximum absolute atomic E-state index is 12.5. The number of anilines is 1. The predicted octanol–water partition coefficient (Wildman–Crippen LogP) is 2.72. The zero-order valence-corrected chi connectivity index (χ0v) is 13.0. The number of nitrogens with zero attached hydrogens (tertiary/aromatic N) is 2. The van der Waals surface area contributed by atoms with E-state index in [0.29, 0.717) is 21.8 Å². The van der Waals surface area contributed by atoms with Gasteiger partial charge in [-0.25, -0.2) is 13.4 Å². The van der Waals surface area contributed by atoms with Gasteiger partial charge in [0.15, 0.2) is 15.0 Å². The normalized spacial score (nSPS) is 11.4. The van der Waals surface area contributed by atoms with Crippen LogP contribution in [0.5, 0.6) is 0 Å². The summed E-state index contributed by atoms with van der Waals surface area (Å²) in [6.07, 6.45) is 0. The molecule has 5 nitrogen and oxygen atoms in total. The lowest BCUT2D eigenvalue weighted by atomic mass is 10.2. The van der Waals surface area contributed by atoms with Crippen LogP contribution in [0.1, 0.15) is 11.1 Å². The maximum Gasteiger partial charge on any atom is 0.182 e. The first-order chi connectivity index (χ1) is 10.5. The number of nitrogen functional groups attached to an aromatic ring is 1. The van der Waals surface area contributed by atoms with E-state index >= 15 is 0 Å². The van der Waals surface area contributed by atoms with E-state index in [1.807, 2.05) is 6.07 Å². The van der Waals surface area contributed by atoms with Gasteiger partial charge < -0.3 is 5.73 Å². The predicted molar refractivity (Wildman–Crippen MR) is 86.1 cm³/mol. The Morgan fingerprint density at radius 1 is 1.18 bits per heavy atom. The molecule has 1 aromatic heterocycles. The molecule has 0 spiro atoms. The molecule has 0 radical (unpaired) electrons. The number of hydrogen-bond acceptors (Lipinski definition) is 6. The van der Waals surface area contributed by atoms with E-state index in [-0.39, 0.29) is 10.6 Å². The summed E-state index contributed by atoms with van der Waals surface area (Å²) in [7, 11) is -3.46. The standard InChI is InChI=1S/C15H11N3O2S2/c16-8-10-1-3-11(4-2-10)9-22(19,20)12-5-6-13-14(7-12)21-15(17)18-13/h1-7H,9H2,(H2,17,18). The smallest absolute Gasteiger partial charge is 0.182 e. The summed E-state index contributed by atoms with van der Waals surface area (Å²) < 4.78 is 25.7. The van der Waals surface area contributed by atoms with E-state index in [4.69, 9.17) is 11.0 Å². The van der Waals surface area contributed by atoms with Gasteiger partial charge in [-0.2, -0.15) is 5.26 Å². The van der Waals surface area contributed by atoms with Crippen LogP contribution in [0.4, 0.5) is 5.13 Å². The van der Waals surface area contributed by atoms with E-state index in [2.05, 4.69) is 4.98 Å². The summed E-state index contributed by atoms with van der Waals surface area (Å²) in [5.74, 6) is -0.113. The van der Waals surface area contributed by atoms with Crippen molar-refractivity contribution in [1.82, 2.24) is 4.98 Å². The van der Waals surface area contributed by atoms with Crippen LogP contribution < -0.4 is 5.73 Å². The highest BCUT2D eigenvalue weighted by Crippen LogP contribution is 2.27. The van der Waals surface area contributed by atoms with Gasteiger partial charge in [-0.05, 0) is 35.9 Å². The van der Waals surface area contributed by atoms with Crippen molar-refractivity contribution in [2.75, 3.05) is 5.73 Å². The Morgan fingerprint density at radius 2 is 1.91 bits per heavy atom. The molecule has 0 bridgehead atoms. The second-order valence-electron chi connectivity index (χ2n) is 4.75. The van der Waals surface area contributed by atoms with Crippen LogP contribution in [0.2, 0.25) is 0 Å². The van der Waals surface area contributed by atoms with Crippen LogP contribution in [0.3, 0.4) is 0 Å². The molecule has 2 aromatic carbocycles. The molecular formula is C15H11N3O2S2. The van der Waals surface area contributed by atoms with Crippen molar-refractivity contribution in [3.05, 3.63) is 53.6 Å². The molecular weight excluding hydrogens is 318 g/mol. The summed E-state index contributed by atoms with van der Waals surface area (Å²) in [6, 6.07) is 13.3. The van der Waals surface area contributed by atoms with Crippen molar-refractivity contribution in [3.8, 4) is 6.07 Å². The molecule has 0 saturated heterocycles. The van der Waals surface area contributed by atoms with Crippen LogP contribution in [-0.4, -0.2) is 13.4 Å². The van der Waals surface area contributed by atoms with E-state index < -0.39 is 9.84 Å². The van der Waals surface area contributed by atoms with Crippen molar-refractivity contribution in [2.24, 2.45) is 0 Å². The third kappa shape index (κ3) is 2.79. The van der Waals surface area contributed by atoms with Gasteiger partial charge in [0.05, 0.1) is 32.5 Å². The molecule has 0 saturated carbocycles. The molecule has 22 heavy (non-hydrogen) atoms. The number of benzene rings is 2. The van der Waals surface area contributed by atoms with Crippen molar-refractivity contribution >= 4 is 36.5 Å². The van der Waals surface area contributed by atoms with Crippen LogP contribution in [-0.2, 0) is 15.6 Å². The number of nitrogens with two attached hydrogens (primary N) is 1. The lowest BCUT2D eigenvalue weighted by molar-refractivity contribution is 0.595. The summed E-state index contributed by atoms with van der Waals surface area (Å²) >= 11 is 1.26. The van der Waals surface area contributed by atoms with Gasteiger partial charge in [-0.1, -0.05) is 23.5 Å². The number of hydrogen-bond donors (Lipinski definition) is 1. The van der Waals surface area contributed by atoms with Crippen molar-refractivity contribution in [2.45, 2.75) is 10.6 Å². The second-order valence-corrected chi connectivity index (χ2v) is 7.80. The van der Waals surface area contributed by atoms with E-state index in [1.54, 1.807) is 42.5 Å². The minimum absolute atomic E-state index is 0.113. The molecule has 3 aromatic rings. The zero-order chi connectivity index (χ0) is 15.7. The number of aromatic nitrogens is 1. The fraction of sp³-hybridized carbons (Fsp3) is 0.0667. The van der Waals surface area contributed by atoms with Crippen molar-refractivity contribution in [3.63, 3.8) is 0 Å². The molecule has 0 atom stereocenters. The van der Waals surface area contributed by atoms with Crippen LogP contribution in [0, 0.1) is 11.3 Å². The molecule has 0 fully saturated rings. The third-order valence-corrected chi connectivity index (χ3v) is 5.71. The Kier molecular flexibility index (Phi) is 3.56. The monoisotopic (exact) mass is 329 g/mol. The lowest BCUT2D eigenvalue weighted by Crippen LogP contribution is -2.04. The number of thiazole rings is 1. The summed E-state index contributed by atoms with van der Waals surface area (Å²) in [4.78, 5) is 4.35. The van der Waals surface area contributed by atoms with Gasteiger partial charge in [0.2, 0.25) is 0 Å². The quantitative estimate of drug-likeness (QED) is 0.797. The van der Waals surface area contributed by atoms with Gasteiger partial charge >= 0.3 is 0 Å². The Balaban J connectivity index is 1.94. The van der Waals surface area contributed by atoms with E-state index in [1.165, 1.54) is 11.3 Å². The molecule has 0 unspecified atom stereocenters. The van der Waals surface area contributed by atoms with Crippen LogP contribution in [0.25, 0.3) is 10.2 Å². The maximum atomic E-state index is 12.5. The second kappa shape index (κ2) is 5.40. The minimum atomic E-state index is -3.46. The summed E-state index contributed by atoms with van der Waals surface area (Å²) in [5, 5.41) is 9.17. The first-order valence-corrected chi connectivity index (χ1v) is 8.83. The largest absolute Gasteiger partial charge is 0.375 e. The van der Waals surface area contributed by atoms with Gasteiger partial charge in [0, 0.05) is 0 Å². The van der Waals surface area contributed by atoms with Gasteiger partial charge in [-0.15, -0.1) is 0 Å². The Bertz CT molecular complexity index is 984. The molecule has 110 valence electrons. The Morgan fingerprint density at radius 3 is 2.59 bits per heavy atom. The highest BCUT2D eigenvalue weighted by atomic mass is 32.2. The molecule has 3 rings (SSSR count). The van der Waals surface area contributed by atoms with Gasteiger partial charge in [0.1, 0.15) is 0 Å². The molecule has 0 amide bonds. The van der Waals surface area contributed by atoms with Gasteiger partial charge in [-0.3, -0.25) is 0 Å². The van der Waals surface area contributed by atoms with Crippen molar-refractivity contribution in [1.29, 1.82) is 5.26 Å². The van der Waals surface area contributed by atoms with Crippen molar-refractivity contribution < 1.29 is 8.42 Å². The topological polar surface area (TPSA) is 96.8 Å². The summed E-state index contributed by atoms with van der Waals surface area (Å²) in [5.41, 5.74) is 7.47. The fourth-order valence-electron chi connectivity index (χ4n) is 2.09. The number of fused-ring (bicyclic) bond motifs is 1. The number of rotatable bonds is 3. The zero-order valence-electron chi connectivity index (χ0n) is 11.4.